The molecule has 4 fully saturated rings. The Morgan fingerprint density at radius 3 is 2.43 bits per heavy atom. The minimum absolute atomic E-state index is 0.0903. The maximum absolute atomic E-state index is 12.8. The molecule has 30 heavy (non-hydrogen) atoms. The summed E-state index contributed by atoms with van der Waals surface area (Å²) >= 11 is 1.43. The van der Waals surface area contributed by atoms with Crippen LogP contribution in [-0.4, -0.2) is 39.6 Å². The van der Waals surface area contributed by atoms with Crippen molar-refractivity contribution in [1.29, 1.82) is 0 Å². The van der Waals surface area contributed by atoms with Gasteiger partial charge in [-0.3, -0.25) is 9.36 Å². The number of ether oxygens (including phenoxy) is 1. The van der Waals surface area contributed by atoms with Crippen molar-refractivity contribution < 1.29 is 9.53 Å². The van der Waals surface area contributed by atoms with Crippen LogP contribution in [0.25, 0.3) is 5.69 Å². The molecule has 4 aliphatic carbocycles. The molecule has 4 bridgehead atoms. The van der Waals surface area contributed by atoms with Gasteiger partial charge in [-0.1, -0.05) is 11.8 Å². The number of hydrogen-bond acceptors (Lipinski definition) is 5. The molecule has 1 heterocycles. The van der Waals surface area contributed by atoms with Crippen molar-refractivity contribution in [2.24, 2.45) is 23.2 Å². The highest BCUT2D eigenvalue weighted by Crippen LogP contribution is 2.61. The van der Waals surface area contributed by atoms with Gasteiger partial charge in [-0.2, -0.15) is 0 Å². The lowest BCUT2D eigenvalue weighted by Gasteiger charge is -2.59. The van der Waals surface area contributed by atoms with Crippen LogP contribution in [0, 0.1) is 23.2 Å². The van der Waals surface area contributed by atoms with Gasteiger partial charge in [-0.05, 0) is 92.9 Å². The molecule has 1 aromatic heterocycles. The third kappa shape index (κ3) is 3.72. The van der Waals surface area contributed by atoms with Gasteiger partial charge in [-0.15, -0.1) is 10.2 Å². The Bertz CT molecular complexity index is 875. The van der Waals surface area contributed by atoms with Crippen LogP contribution in [0.5, 0.6) is 5.75 Å². The Labute approximate surface area is 182 Å². The van der Waals surface area contributed by atoms with Crippen LogP contribution in [0.15, 0.2) is 35.7 Å². The molecular formula is C23H30N4O2S. The average molecular weight is 427 g/mol. The molecule has 7 heteroatoms. The Kier molecular flexibility index (Phi) is 5.25. The molecule has 1 unspecified atom stereocenters. The predicted octanol–water partition coefficient (Wildman–Crippen LogP) is 4.09. The zero-order valence-electron chi connectivity index (χ0n) is 17.7. The van der Waals surface area contributed by atoms with E-state index in [1.165, 1.54) is 50.3 Å². The molecule has 6 nitrogen and oxygen atoms in total. The smallest absolute Gasteiger partial charge is 0.230 e. The maximum atomic E-state index is 12.8. The Morgan fingerprint density at radius 2 is 1.83 bits per heavy atom. The molecule has 1 atom stereocenters. The summed E-state index contributed by atoms with van der Waals surface area (Å²) in [4.78, 5) is 12.8. The van der Waals surface area contributed by atoms with Crippen molar-refractivity contribution in [1.82, 2.24) is 20.1 Å². The molecule has 4 saturated carbocycles. The summed E-state index contributed by atoms with van der Waals surface area (Å²) in [5.74, 6) is 3.94. The summed E-state index contributed by atoms with van der Waals surface area (Å²) in [6, 6.07) is 7.98. The van der Waals surface area contributed by atoms with Crippen molar-refractivity contribution in [2.75, 3.05) is 12.9 Å². The molecule has 0 aliphatic heterocycles. The second-order valence-corrected chi connectivity index (χ2v) is 10.5. The number of nitrogens with one attached hydrogen (secondary N) is 1. The van der Waals surface area contributed by atoms with E-state index in [1.54, 1.807) is 13.4 Å². The van der Waals surface area contributed by atoms with Gasteiger partial charge < -0.3 is 10.1 Å². The quantitative estimate of drug-likeness (QED) is 0.676. The van der Waals surface area contributed by atoms with Crippen LogP contribution in [0.1, 0.15) is 45.4 Å². The first-order chi connectivity index (χ1) is 14.5. The van der Waals surface area contributed by atoms with E-state index in [0.29, 0.717) is 11.2 Å². The molecule has 0 spiro atoms. The zero-order chi connectivity index (χ0) is 20.7. The van der Waals surface area contributed by atoms with Crippen LogP contribution in [0.2, 0.25) is 0 Å². The van der Waals surface area contributed by atoms with Gasteiger partial charge in [0.1, 0.15) is 12.1 Å². The SMILES string of the molecule is COc1ccc(-n2cnnc2SCC(=O)NC(C)C23CC4CC(CC(C4)C2)C3)cc1. The van der Waals surface area contributed by atoms with Crippen LogP contribution < -0.4 is 10.1 Å². The number of nitrogens with zero attached hydrogens (tertiary/aromatic N) is 3. The minimum atomic E-state index is 0.0903. The molecular weight excluding hydrogens is 396 g/mol. The number of methoxy groups -OCH3 is 1. The lowest BCUT2D eigenvalue weighted by atomic mass is 9.48. The number of benzene rings is 1. The third-order valence-corrected chi connectivity index (χ3v) is 8.52. The topological polar surface area (TPSA) is 69.0 Å². The van der Waals surface area contributed by atoms with Crippen LogP contribution >= 0.6 is 11.8 Å². The molecule has 0 radical (unpaired) electrons. The number of thioether (sulfide) groups is 1. The fourth-order valence-corrected chi connectivity index (χ4v) is 7.26. The summed E-state index contributed by atoms with van der Waals surface area (Å²) in [5.41, 5.74) is 1.28. The minimum Gasteiger partial charge on any atom is -0.497 e. The summed E-state index contributed by atoms with van der Waals surface area (Å²) in [7, 11) is 1.65. The Morgan fingerprint density at radius 1 is 1.20 bits per heavy atom. The molecule has 1 N–H and O–H groups in total. The lowest BCUT2D eigenvalue weighted by molar-refractivity contribution is -0.123. The Hall–Kier alpha value is -2.02. The zero-order valence-corrected chi connectivity index (χ0v) is 18.5. The van der Waals surface area contributed by atoms with E-state index in [-0.39, 0.29) is 11.9 Å². The molecule has 2 aromatic rings. The van der Waals surface area contributed by atoms with Gasteiger partial charge in [-0.25, -0.2) is 0 Å². The van der Waals surface area contributed by atoms with Gasteiger partial charge in [0, 0.05) is 11.7 Å². The van der Waals surface area contributed by atoms with Crippen molar-refractivity contribution in [2.45, 2.75) is 56.6 Å². The van der Waals surface area contributed by atoms with Gasteiger partial charge in [0.05, 0.1) is 12.9 Å². The fraction of sp³-hybridized carbons (Fsp3) is 0.609. The molecule has 0 saturated heterocycles. The normalized spacial score (nSPS) is 30.3. The van der Waals surface area contributed by atoms with E-state index in [4.69, 9.17) is 4.74 Å². The first-order valence-electron chi connectivity index (χ1n) is 11.0. The summed E-state index contributed by atoms with van der Waals surface area (Å²) in [6.45, 7) is 2.23. The first kappa shape index (κ1) is 19.9. The maximum Gasteiger partial charge on any atom is 0.230 e. The number of amides is 1. The van der Waals surface area contributed by atoms with Gasteiger partial charge in [0.25, 0.3) is 0 Å². The van der Waals surface area contributed by atoms with Gasteiger partial charge >= 0.3 is 0 Å². The largest absolute Gasteiger partial charge is 0.497 e. The first-order valence-corrected chi connectivity index (χ1v) is 12.0. The number of rotatable bonds is 7. The van der Waals surface area contributed by atoms with Crippen molar-refractivity contribution in [3.63, 3.8) is 0 Å². The Balaban J connectivity index is 1.20. The van der Waals surface area contributed by atoms with E-state index < -0.39 is 0 Å². The third-order valence-electron chi connectivity index (χ3n) is 7.58. The summed E-state index contributed by atoms with van der Waals surface area (Å²) in [6.07, 6.45) is 9.88. The number of carbonyl (C=O) groups excluding carboxylic acids is 1. The van der Waals surface area contributed by atoms with E-state index in [2.05, 4.69) is 22.4 Å². The molecule has 160 valence electrons. The van der Waals surface area contributed by atoms with Crippen LogP contribution in [-0.2, 0) is 4.79 Å². The monoisotopic (exact) mass is 426 g/mol. The summed E-state index contributed by atoms with van der Waals surface area (Å²) in [5, 5.41) is 12.3. The molecule has 1 amide bonds. The fourth-order valence-electron chi connectivity index (χ4n) is 6.52. The second-order valence-electron chi connectivity index (χ2n) is 9.54. The van der Waals surface area contributed by atoms with Crippen molar-refractivity contribution >= 4 is 17.7 Å². The van der Waals surface area contributed by atoms with Crippen LogP contribution in [0.4, 0.5) is 0 Å². The number of aromatic nitrogens is 3. The average Bonchev–Trinajstić information content (AvgIpc) is 3.20. The number of hydrogen-bond donors (Lipinski definition) is 1. The predicted molar refractivity (Wildman–Crippen MR) is 117 cm³/mol. The molecule has 6 rings (SSSR count). The van der Waals surface area contributed by atoms with Crippen LogP contribution in [0.3, 0.4) is 0 Å². The second kappa shape index (κ2) is 7.91. The highest BCUT2D eigenvalue weighted by molar-refractivity contribution is 7.99. The van der Waals surface area contributed by atoms with E-state index in [9.17, 15) is 4.79 Å². The molecule has 1 aromatic carbocycles. The van der Waals surface area contributed by atoms with Crippen molar-refractivity contribution in [3.8, 4) is 11.4 Å². The highest BCUT2D eigenvalue weighted by atomic mass is 32.2. The molecule has 4 aliphatic rings. The van der Waals surface area contributed by atoms with Gasteiger partial charge in [0.2, 0.25) is 5.91 Å². The summed E-state index contributed by atoms with van der Waals surface area (Å²) < 4.78 is 7.12. The standard InChI is InChI=1S/C23H30N4O2S/c1-15(23-10-16-7-17(11-23)9-18(8-16)12-23)25-21(28)13-30-22-26-24-14-27(22)19-3-5-20(29-2)6-4-19/h3-6,14-18H,7-13H2,1-2H3,(H,25,28). The highest BCUT2D eigenvalue weighted by Gasteiger charge is 2.53. The lowest BCUT2D eigenvalue weighted by Crippen LogP contribution is -2.56. The van der Waals surface area contributed by atoms with E-state index in [0.717, 1.165) is 34.3 Å². The van der Waals surface area contributed by atoms with Crippen molar-refractivity contribution in [3.05, 3.63) is 30.6 Å². The number of carbonyl (C=O) groups is 1. The van der Waals surface area contributed by atoms with E-state index >= 15 is 0 Å². The van der Waals surface area contributed by atoms with E-state index in [1.807, 2.05) is 28.8 Å². The van der Waals surface area contributed by atoms with Gasteiger partial charge in [0.15, 0.2) is 5.16 Å².